The van der Waals surface area contributed by atoms with Gasteiger partial charge in [-0.05, 0) is 25.7 Å². The summed E-state index contributed by atoms with van der Waals surface area (Å²) in [5.74, 6) is 1.23. The Morgan fingerprint density at radius 2 is 1.88 bits per heavy atom. The first-order valence-electron chi connectivity index (χ1n) is 13.3. The molecule has 6 unspecified atom stereocenters. The lowest BCUT2D eigenvalue weighted by Crippen LogP contribution is -3.15. The number of likely N-dealkylation sites (tertiary alicyclic amines) is 1. The Hall–Kier alpha value is -0.330. The van der Waals surface area contributed by atoms with E-state index in [1.807, 2.05) is 0 Å². The first-order chi connectivity index (χ1) is 16.0. The molecule has 0 spiro atoms. The van der Waals surface area contributed by atoms with Crippen LogP contribution >= 0.6 is 0 Å². The second kappa shape index (κ2) is 10.7. The fraction of sp³-hybridized carbons (Fsp3) is 1.00. The molecule has 0 aromatic heterocycles. The molecule has 0 aromatic rings. The molecule has 4 aliphatic heterocycles. The predicted molar refractivity (Wildman–Crippen MR) is 125 cm³/mol. The van der Waals surface area contributed by atoms with Gasteiger partial charge in [-0.3, -0.25) is 10.2 Å². The Bertz CT molecular complexity index is 741. The van der Waals surface area contributed by atoms with E-state index >= 15 is 0 Å². The second-order valence-electron chi connectivity index (χ2n) is 11.2. The van der Waals surface area contributed by atoms with Crippen molar-refractivity contribution in [1.29, 1.82) is 0 Å². The van der Waals surface area contributed by atoms with Crippen LogP contribution in [0.1, 0.15) is 51.4 Å². The van der Waals surface area contributed by atoms with Gasteiger partial charge in [-0.2, -0.15) is 5.48 Å². The van der Waals surface area contributed by atoms with Gasteiger partial charge >= 0.3 is 0 Å². The lowest BCUT2D eigenvalue weighted by atomic mass is 9.88. The average molecular weight is 488 g/mol. The van der Waals surface area contributed by atoms with Gasteiger partial charge in [0.2, 0.25) is 0 Å². The van der Waals surface area contributed by atoms with Gasteiger partial charge in [-0.1, -0.05) is 0 Å². The van der Waals surface area contributed by atoms with Crippen LogP contribution in [0.5, 0.6) is 0 Å². The van der Waals surface area contributed by atoms with Crippen molar-refractivity contribution in [3.63, 3.8) is 0 Å². The first kappa shape index (κ1) is 24.4. The van der Waals surface area contributed by atoms with Crippen molar-refractivity contribution in [2.45, 2.75) is 81.2 Å². The van der Waals surface area contributed by atoms with E-state index in [9.17, 15) is 8.42 Å². The van der Waals surface area contributed by atoms with Gasteiger partial charge in [0.05, 0.1) is 44.3 Å². The number of nitrogens with zero attached hydrogens (tertiary/aromatic N) is 1. The molecule has 9 nitrogen and oxygen atoms in total. The van der Waals surface area contributed by atoms with E-state index < -0.39 is 9.84 Å². The normalized spacial score (nSPS) is 43.7. The fourth-order valence-corrected chi connectivity index (χ4v) is 8.18. The van der Waals surface area contributed by atoms with E-state index in [0.717, 1.165) is 58.5 Å². The number of rotatable bonds is 6. The minimum atomic E-state index is -2.89. The van der Waals surface area contributed by atoms with Crippen LogP contribution in [0.15, 0.2) is 0 Å². The Morgan fingerprint density at radius 3 is 2.64 bits per heavy atom. The maximum Gasteiger partial charge on any atom is 0.183 e. The third kappa shape index (κ3) is 5.91. The van der Waals surface area contributed by atoms with E-state index in [2.05, 4.69) is 21.0 Å². The Labute approximate surface area is 199 Å². The molecule has 4 saturated heterocycles. The van der Waals surface area contributed by atoms with Crippen molar-refractivity contribution >= 4 is 9.84 Å². The van der Waals surface area contributed by atoms with Gasteiger partial charge < -0.3 is 15.0 Å². The first-order valence-corrected chi connectivity index (χ1v) is 15.3. The highest BCUT2D eigenvalue weighted by atomic mass is 32.2. The van der Waals surface area contributed by atoms with Crippen LogP contribution in [0.4, 0.5) is 0 Å². The number of piperidine rings is 1. The summed E-state index contributed by atoms with van der Waals surface area (Å²) in [6.45, 7) is 7.35. The third-order valence-corrected chi connectivity index (χ3v) is 10.7. The molecule has 0 amide bonds. The molecule has 10 heteroatoms. The molecule has 1 saturated carbocycles. The van der Waals surface area contributed by atoms with Crippen LogP contribution < -0.4 is 21.0 Å². The number of nitrogens with one attached hydrogen (secondary N) is 3. The van der Waals surface area contributed by atoms with Gasteiger partial charge in [0.25, 0.3) is 0 Å². The number of morpholine rings is 1. The summed E-state index contributed by atoms with van der Waals surface area (Å²) < 4.78 is 29.3. The molecule has 1 aliphatic carbocycles. The van der Waals surface area contributed by atoms with Gasteiger partial charge in [0.1, 0.15) is 22.0 Å². The third-order valence-electron chi connectivity index (χ3n) is 9.03. The summed E-state index contributed by atoms with van der Waals surface area (Å²) >= 11 is 0. The van der Waals surface area contributed by atoms with Gasteiger partial charge in [-0.15, -0.1) is 0 Å². The average Bonchev–Trinajstić information content (AvgIpc) is 3.49. The number of sulfone groups is 1. The van der Waals surface area contributed by atoms with Crippen LogP contribution in [0, 0.1) is 11.8 Å². The second-order valence-corrected chi connectivity index (χ2v) is 13.5. The summed E-state index contributed by atoms with van der Waals surface area (Å²) in [5, 5.41) is 6.23. The Kier molecular flexibility index (Phi) is 7.93. The summed E-state index contributed by atoms with van der Waals surface area (Å²) in [6, 6.07) is 0.486. The lowest BCUT2D eigenvalue weighted by molar-refractivity contribution is -0.919. The van der Waals surface area contributed by atoms with E-state index in [1.54, 1.807) is 4.90 Å². The SMILES string of the molecule is CS(=O)(=O)C1CCC(C[NH+]2CCCC2C2NC(C3CC[NH2+]C(N4CCOCC4)C3)NO2)CC1. The molecule has 4 heterocycles. The van der Waals surface area contributed by atoms with Crippen LogP contribution in [-0.4, -0.2) is 95.4 Å². The molecule has 33 heavy (non-hydrogen) atoms. The van der Waals surface area contributed by atoms with Gasteiger partial charge in [-0.25, -0.2) is 13.3 Å². The zero-order chi connectivity index (χ0) is 22.8. The summed E-state index contributed by atoms with van der Waals surface area (Å²) in [7, 11) is -2.89. The summed E-state index contributed by atoms with van der Waals surface area (Å²) in [6.07, 6.45) is 10.9. The molecule has 6 atom stereocenters. The number of nitrogens with two attached hydrogens (primary N) is 1. The highest BCUT2D eigenvalue weighted by molar-refractivity contribution is 7.91. The maximum atomic E-state index is 11.9. The highest BCUT2D eigenvalue weighted by Crippen LogP contribution is 2.28. The van der Waals surface area contributed by atoms with Crippen LogP contribution in [0.25, 0.3) is 0 Å². The zero-order valence-corrected chi connectivity index (χ0v) is 21.0. The molecular formula is C23H45N5O4S+2. The molecule has 0 radical (unpaired) electrons. The fourth-order valence-electron chi connectivity index (χ4n) is 7.05. The van der Waals surface area contributed by atoms with E-state index in [-0.39, 0.29) is 17.6 Å². The number of hydroxylamine groups is 1. The smallest absolute Gasteiger partial charge is 0.183 e. The van der Waals surface area contributed by atoms with Crippen molar-refractivity contribution in [3.8, 4) is 0 Å². The Balaban J connectivity index is 1.11. The predicted octanol–water partition coefficient (Wildman–Crippen LogP) is -1.95. The van der Waals surface area contributed by atoms with Gasteiger partial charge in [0.15, 0.2) is 6.23 Å². The van der Waals surface area contributed by atoms with Crippen molar-refractivity contribution < 1.29 is 28.2 Å². The van der Waals surface area contributed by atoms with Crippen LogP contribution in [0.3, 0.4) is 0 Å². The van der Waals surface area contributed by atoms with E-state index in [0.29, 0.717) is 24.0 Å². The quantitative estimate of drug-likeness (QED) is 0.345. The molecule has 0 aromatic carbocycles. The molecule has 190 valence electrons. The van der Waals surface area contributed by atoms with Crippen molar-refractivity contribution in [1.82, 2.24) is 15.7 Å². The molecule has 5 aliphatic rings. The molecular weight excluding hydrogens is 442 g/mol. The topological polar surface area (TPSA) is 101 Å². The number of hydrogen-bond donors (Lipinski definition) is 4. The zero-order valence-electron chi connectivity index (χ0n) is 20.2. The lowest BCUT2D eigenvalue weighted by Gasteiger charge is -2.38. The standard InChI is InChI=1S/C23H43N5O4S/c1-33(29,30)19-6-4-17(5-7-19)16-28-10-2-3-20(28)23-25-22(26-32-23)18-8-9-24-21(15-18)27-11-13-31-14-12-27/h17-26H,2-16H2,1H3/p+2. The number of hydrogen-bond acceptors (Lipinski definition) is 7. The molecule has 5 rings (SSSR count). The number of quaternary nitrogens is 2. The molecule has 5 fully saturated rings. The van der Waals surface area contributed by atoms with E-state index in [4.69, 9.17) is 9.57 Å². The van der Waals surface area contributed by atoms with Crippen molar-refractivity contribution in [2.75, 3.05) is 52.2 Å². The molecule has 5 N–H and O–H groups in total. The Morgan fingerprint density at radius 1 is 1.09 bits per heavy atom. The van der Waals surface area contributed by atoms with Crippen LogP contribution in [0.2, 0.25) is 0 Å². The minimum absolute atomic E-state index is 0.0765. The van der Waals surface area contributed by atoms with Crippen molar-refractivity contribution in [2.24, 2.45) is 11.8 Å². The maximum absolute atomic E-state index is 11.9. The monoisotopic (exact) mass is 487 g/mol. The summed E-state index contributed by atoms with van der Waals surface area (Å²) in [5.41, 5.74) is 3.38. The summed E-state index contributed by atoms with van der Waals surface area (Å²) in [4.78, 5) is 10.4. The van der Waals surface area contributed by atoms with E-state index in [1.165, 1.54) is 45.0 Å². The minimum Gasteiger partial charge on any atom is -0.379 e. The highest BCUT2D eigenvalue weighted by Gasteiger charge is 2.45. The molecule has 0 bridgehead atoms. The van der Waals surface area contributed by atoms with Crippen LogP contribution in [-0.2, 0) is 19.4 Å². The van der Waals surface area contributed by atoms with Crippen molar-refractivity contribution in [3.05, 3.63) is 0 Å². The largest absolute Gasteiger partial charge is 0.379 e. The number of ether oxygens (including phenoxy) is 1. The van der Waals surface area contributed by atoms with Gasteiger partial charge in [0, 0.05) is 56.9 Å².